The van der Waals surface area contributed by atoms with Gasteiger partial charge in [0.05, 0.1) is 6.26 Å². The molecule has 0 bridgehead atoms. The van der Waals surface area contributed by atoms with Crippen molar-refractivity contribution in [2.45, 2.75) is 4.90 Å². The Labute approximate surface area is 92.8 Å². The maximum atomic E-state index is 11.4. The first-order chi connectivity index (χ1) is 7.28. The molecule has 0 atom stereocenters. The van der Waals surface area contributed by atoms with Gasteiger partial charge in [-0.3, -0.25) is 0 Å². The van der Waals surface area contributed by atoms with Gasteiger partial charge in [0.2, 0.25) is 9.84 Å². The predicted octanol–water partition coefficient (Wildman–Crippen LogP) is 0.149. The van der Waals surface area contributed by atoms with E-state index in [2.05, 4.69) is 4.18 Å². The molecule has 1 aliphatic rings. The van der Waals surface area contributed by atoms with Crippen molar-refractivity contribution in [2.75, 3.05) is 12.2 Å². The molecule has 0 N–H and O–H groups in total. The van der Waals surface area contributed by atoms with Crippen molar-refractivity contribution < 1.29 is 25.8 Å². The molecule has 0 spiro atoms. The maximum absolute atomic E-state index is 11.4. The summed E-state index contributed by atoms with van der Waals surface area (Å²) in [5, 5.41) is 0. The third-order valence-electron chi connectivity index (χ3n) is 1.87. The summed E-state index contributed by atoms with van der Waals surface area (Å²) >= 11 is 0. The number of benzene rings is 1. The molecule has 16 heavy (non-hydrogen) atoms. The highest BCUT2D eigenvalue weighted by atomic mass is 32.2. The monoisotopic (exact) mass is 264 g/mol. The minimum absolute atomic E-state index is 0.0460. The van der Waals surface area contributed by atoms with Crippen LogP contribution in [0.5, 0.6) is 11.5 Å². The predicted molar refractivity (Wildman–Crippen MR) is 54.6 cm³/mol. The van der Waals surface area contributed by atoms with Gasteiger partial charge >= 0.3 is 10.1 Å². The Morgan fingerprint density at radius 1 is 1.38 bits per heavy atom. The van der Waals surface area contributed by atoms with E-state index in [1.54, 1.807) is 0 Å². The second-order valence-corrected chi connectivity index (χ2v) is 6.75. The Morgan fingerprint density at radius 3 is 2.69 bits per heavy atom. The molecule has 0 saturated heterocycles. The lowest BCUT2D eigenvalue weighted by molar-refractivity contribution is 0.389. The van der Waals surface area contributed by atoms with Crippen LogP contribution in [0, 0.1) is 0 Å². The van der Waals surface area contributed by atoms with Crippen LogP contribution in [-0.2, 0) is 20.0 Å². The van der Waals surface area contributed by atoms with Crippen molar-refractivity contribution in [3.05, 3.63) is 18.2 Å². The molecule has 6 nitrogen and oxygen atoms in total. The van der Waals surface area contributed by atoms with E-state index in [-0.39, 0.29) is 16.4 Å². The molecule has 2 rings (SSSR count). The van der Waals surface area contributed by atoms with Gasteiger partial charge in [0.1, 0.15) is 16.4 Å². The Hall–Kier alpha value is -1.28. The average Bonchev–Trinajstić information content (AvgIpc) is 2.40. The summed E-state index contributed by atoms with van der Waals surface area (Å²) in [6.45, 7) is 0. The van der Waals surface area contributed by atoms with Crippen LogP contribution in [0.2, 0.25) is 0 Å². The van der Waals surface area contributed by atoms with Crippen LogP contribution in [0.1, 0.15) is 0 Å². The quantitative estimate of drug-likeness (QED) is 0.707. The Bertz CT molecular complexity index is 628. The second-order valence-electron chi connectivity index (χ2n) is 3.27. The topological polar surface area (TPSA) is 86.7 Å². The summed E-state index contributed by atoms with van der Waals surface area (Å²) in [6, 6.07) is 3.83. The van der Waals surface area contributed by atoms with Gasteiger partial charge in [0, 0.05) is 6.07 Å². The maximum Gasteiger partial charge on any atom is 0.306 e. The van der Waals surface area contributed by atoms with E-state index >= 15 is 0 Å². The van der Waals surface area contributed by atoms with Crippen LogP contribution < -0.4 is 8.92 Å². The first-order valence-corrected chi connectivity index (χ1v) is 7.64. The molecule has 0 unspecified atom stereocenters. The molecule has 0 aliphatic carbocycles. The zero-order chi connectivity index (χ0) is 12.0. The summed E-state index contributed by atoms with van der Waals surface area (Å²) in [7, 11) is -7.15. The van der Waals surface area contributed by atoms with Crippen LogP contribution in [0.3, 0.4) is 0 Å². The van der Waals surface area contributed by atoms with Gasteiger partial charge in [-0.25, -0.2) is 8.42 Å². The minimum Gasteiger partial charge on any atom is -0.476 e. The van der Waals surface area contributed by atoms with Gasteiger partial charge in [-0.15, -0.1) is 0 Å². The SMILES string of the molecule is CS(=O)(=O)Oc1ccc2c(c1)S(=O)(=O)CO2. The van der Waals surface area contributed by atoms with Gasteiger partial charge < -0.3 is 8.92 Å². The zero-order valence-corrected chi connectivity index (χ0v) is 9.84. The first-order valence-electron chi connectivity index (χ1n) is 4.17. The molecular formula is C8H8O6S2. The van der Waals surface area contributed by atoms with Crippen LogP contribution in [0.25, 0.3) is 0 Å². The summed E-state index contributed by atoms with van der Waals surface area (Å²) < 4.78 is 54.1. The summed E-state index contributed by atoms with van der Waals surface area (Å²) in [5.41, 5.74) is 0. The lowest BCUT2D eigenvalue weighted by Crippen LogP contribution is -2.06. The number of fused-ring (bicyclic) bond motifs is 1. The van der Waals surface area contributed by atoms with Gasteiger partial charge in [0.15, 0.2) is 5.94 Å². The lowest BCUT2D eigenvalue weighted by atomic mass is 10.3. The van der Waals surface area contributed by atoms with E-state index in [1.807, 2.05) is 0 Å². The molecule has 0 fully saturated rings. The van der Waals surface area contributed by atoms with Crippen LogP contribution in [0.4, 0.5) is 0 Å². The largest absolute Gasteiger partial charge is 0.476 e. The highest BCUT2D eigenvalue weighted by Gasteiger charge is 2.28. The molecule has 1 aromatic carbocycles. The summed E-state index contributed by atoms with van der Waals surface area (Å²) in [4.78, 5) is -0.0475. The first kappa shape index (κ1) is 11.2. The average molecular weight is 264 g/mol. The van der Waals surface area contributed by atoms with E-state index in [0.29, 0.717) is 0 Å². The van der Waals surface area contributed by atoms with Gasteiger partial charge in [-0.05, 0) is 12.1 Å². The number of hydrogen-bond acceptors (Lipinski definition) is 6. The van der Waals surface area contributed by atoms with Crippen LogP contribution in [-0.4, -0.2) is 29.0 Å². The molecule has 0 aromatic heterocycles. The van der Waals surface area contributed by atoms with Gasteiger partial charge in [-0.1, -0.05) is 0 Å². The van der Waals surface area contributed by atoms with E-state index < -0.39 is 25.9 Å². The number of hydrogen-bond donors (Lipinski definition) is 0. The van der Waals surface area contributed by atoms with Crippen molar-refractivity contribution in [1.82, 2.24) is 0 Å². The van der Waals surface area contributed by atoms with Crippen molar-refractivity contribution in [3.63, 3.8) is 0 Å². The number of sulfone groups is 1. The molecule has 8 heteroatoms. The summed E-state index contributed by atoms with van der Waals surface area (Å²) in [5.74, 6) is -0.263. The van der Waals surface area contributed by atoms with E-state index in [0.717, 1.165) is 12.3 Å². The highest BCUT2D eigenvalue weighted by molar-refractivity contribution is 7.91. The van der Waals surface area contributed by atoms with Gasteiger partial charge in [0.25, 0.3) is 0 Å². The summed E-state index contributed by atoms with van der Waals surface area (Å²) in [6.07, 6.45) is 0.880. The van der Waals surface area contributed by atoms with Crippen molar-refractivity contribution in [3.8, 4) is 11.5 Å². The fourth-order valence-corrected chi connectivity index (χ4v) is 2.87. The van der Waals surface area contributed by atoms with Crippen LogP contribution in [0.15, 0.2) is 23.1 Å². The number of rotatable bonds is 2. The molecule has 1 aliphatic heterocycles. The number of ether oxygens (including phenoxy) is 1. The normalized spacial score (nSPS) is 17.6. The van der Waals surface area contributed by atoms with Gasteiger partial charge in [-0.2, -0.15) is 8.42 Å². The lowest BCUT2D eigenvalue weighted by Gasteiger charge is -2.03. The third kappa shape index (κ3) is 2.12. The molecule has 1 aromatic rings. The molecule has 1 heterocycles. The third-order valence-corrected chi connectivity index (χ3v) is 3.78. The molecule has 0 radical (unpaired) electrons. The molecular weight excluding hydrogens is 256 g/mol. The standard InChI is InChI=1S/C8H8O6S2/c1-15(9,10)14-6-2-3-7-8(4-6)16(11,12)5-13-7/h2-4H,5H2,1H3. The Kier molecular flexibility index (Phi) is 2.35. The molecule has 0 saturated carbocycles. The van der Waals surface area contributed by atoms with E-state index in [1.165, 1.54) is 12.1 Å². The Balaban J connectivity index is 2.48. The Morgan fingerprint density at radius 2 is 2.06 bits per heavy atom. The van der Waals surface area contributed by atoms with Crippen molar-refractivity contribution in [2.24, 2.45) is 0 Å². The zero-order valence-electron chi connectivity index (χ0n) is 8.21. The fraction of sp³-hybridized carbons (Fsp3) is 0.250. The fourth-order valence-electron chi connectivity index (χ4n) is 1.28. The minimum atomic E-state index is -3.67. The smallest absolute Gasteiger partial charge is 0.306 e. The van der Waals surface area contributed by atoms with E-state index in [4.69, 9.17) is 4.74 Å². The highest BCUT2D eigenvalue weighted by Crippen LogP contribution is 2.34. The van der Waals surface area contributed by atoms with E-state index in [9.17, 15) is 16.8 Å². The van der Waals surface area contributed by atoms with Crippen LogP contribution >= 0.6 is 0 Å². The molecule has 0 amide bonds. The van der Waals surface area contributed by atoms with Crippen molar-refractivity contribution >= 4 is 20.0 Å². The second kappa shape index (κ2) is 3.36. The molecule has 88 valence electrons. The van der Waals surface area contributed by atoms with Crippen molar-refractivity contribution in [1.29, 1.82) is 0 Å².